The van der Waals surface area contributed by atoms with Crippen molar-refractivity contribution in [1.82, 2.24) is 24.4 Å². The highest BCUT2D eigenvalue weighted by atomic mass is 19.2. The number of nitrogens with one attached hydrogen (secondary N) is 2. The first kappa shape index (κ1) is 25.4. The number of likely N-dealkylation sites (tertiary alicyclic amines) is 1. The number of H-pyrrole nitrogens is 1. The number of benzene rings is 1. The Morgan fingerprint density at radius 2 is 1.95 bits per heavy atom. The molecule has 0 bridgehead atoms. The minimum atomic E-state index is -1.33. The number of nitrogens with zero attached hydrogens (tertiary/aromatic N) is 5. The number of likely N-dealkylation sites (N-methyl/N-ethyl adjacent to an activating group) is 1. The number of halogens is 2. The van der Waals surface area contributed by atoms with Crippen molar-refractivity contribution >= 4 is 50.3 Å². The van der Waals surface area contributed by atoms with Gasteiger partial charge in [0.05, 0.1) is 33.1 Å². The Morgan fingerprint density at radius 1 is 1.15 bits per heavy atom. The highest BCUT2D eigenvalue weighted by molar-refractivity contribution is 6.18. The zero-order valence-electron chi connectivity index (χ0n) is 22.6. The van der Waals surface area contributed by atoms with Crippen molar-refractivity contribution in [3.63, 3.8) is 0 Å². The summed E-state index contributed by atoms with van der Waals surface area (Å²) in [4.78, 5) is 41.7. The Balaban J connectivity index is 1.55. The standard InChI is InChI=1S/C29H27F2N7O3/c1-32-19-7-18(30)23(31)21-22-25(38-10-13-4-5-36(2)20(13)12-38)16(9-33-27(22)35-24(19)21)14-6-15-26(39)17(29(40)41)11-37(3)28(15)34-8-14/h6-9,11,13,20,32H,4-5,10,12H2,1-3H3,(H,33,35)(H,40,41)/t13?,20-/m0/s1. The first-order chi connectivity index (χ1) is 19.7. The average Bonchev–Trinajstić information content (AvgIpc) is 3.65. The monoisotopic (exact) mass is 559 g/mol. The van der Waals surface area contributed by atoms with Gasteiger partial charge in [-0.2, -0.15) is 0 Å². The van der Waals surface area contributed by atoms with Gasteiger partial charge in [-0.25, -0.2) is 23.5 Å². The molecule has 0 saturated carbocycles. The fourth-order valence-corrected chi connectivity index (χ4v) is 6.70. The Kier molecular flexibility index (Phi) is 5.55. The van der Waals surface area contributed by atoms with Crippen LogP contribution < -0.4 is 15.6 Å². The van der Waals surface area contributed by atoms with E-state index in [1.165, 1.54) is 10.8 Å². The maximum Gasteiger partial charge on any atom is 0.341 e. The van der Waals surface area contributed by atoms with Gasteiger partial charge >= 0.3 is 5.97 Å². The molecule has 1 unspecified atom stereocenters. The number of hydrogen-bond acceptors (Lipinski definition) is 7. The van der Waals surface area contributed by atoms with Crippen LogP contribution in [0.1, 0.15) is 16.8 Å². The van der Waals surface area contributed by atoms with Crippen LogP contribution in [0.3, 0.4) is 0 Å². The van der Waals surface area contributed by atoms with Crippen LogP contribution in [-0.4, -0.2) is 75.3 Å². The summed E-state index contributed by atoms with van der Waals surface area (Å²) in [6.07, 6.45) is 5.53. The number of aromatic carboxylic acids is 1. The summed E-state index contributed by atoms with van der Waals surface area (Å²) in [6, 6.07) is 3.04. The molecule has 2 atom stereocenters. The number of aromatic amines is 1. The number of fused-ring (bicyclic) bond motifs is 5. The van der Waals surface area contributed by atoms with Crippen molar-refractivity contribution in [3.05, 3.63) is 58.1 Å². The molecule has 2 aliphatic heterocycles. The Bertz CT molecular complexity index is 1990. The number of carboxylic acids is 1. The number of aromatic nitrogens is 4. The first-order valence-corrected chi connectivity index (χ1v) is 13.4. The van der Waals surface area contributed by atoms with Crippen LogP contribution in [0.4, 0.5) is 20.2 Å². The number of carboxylic acid groups (broad SMARTS) is 1. The lowest BCUT2D eigenvalue weighted by molar-refractivity contribution is 0.0695. The molecule has 2 aliphatic rings. The van der Waals surface area contributed by atoms with E-state index in [1.807, 2.05) is 0 Å². The van der Waals surface area contributed by atoms with Gasteiger partial charge < -0.3 is 29.8 Å². The maximum atomic E-state index is 15.6. The summed E-state index contributed by atoms with van der Waals surface area (Å²) in [6.45, 7) is 2.40. The van der Waals surface area contributed by atoms with Crippen molar-refractivity contribution in [3.8, 4) is 11.1 Å². The quantitative estimate of drug-likeness (QED) is 0.304. The van der Waals surface area contributed by atoms with Crippen LogP contribution in [-0.2, 0) is 7.05 Å². The minimum absolute atomic E-state index is 0.0944. The van der Waals surface area contributed by atoms with Gasteiger partial charge in [0.1, 0.15) is 16.9 Å². The molecule has 41 heavy (non-hydrogen) atoms. The molecule has 10 nitrogen and oxygen atoms in total. The molecular weight excluding hydrogens is 532 g/mol. The second kappa shape index (κ2) is 8.96. The summed E-state index contributed by atoms with van der Waals surface area (Å²) >= 11 is 0. The van der Waals surface area contributed by atoms with Crippen LogP contribution in [0, 0.1) is 17.6 Å². The van der Waals surface area contributed by atoms with Gasteiger partial charge in [-0.15, -0.1) is 0 Å². The van der Waals surface area contributed by atoms with Crippen LogP contribution >= 0.6 is 0 Å². The zero-order chi connectivity index (χ0) is 28.7. The van der Waals surface area contributed by atoms with E-state index < -0.39 is 23.0 Å². The number of aryl methyl sites for hydroxylation is 1. The van der Waals surface area contributed by atoms with Gasteiger partial charge in [0, 0.05) is 69.0 Å². The zero-order valence-corrected chi connectivity index (χ0v) is 22.6. The fraction of sp³-hybridized carbons (Fsp3) is 0.310. The van der Waals surface area contributed by atoms with Crippen LogP contribution in [0.15, 0.2) is 35.5 Å². The number of rotatable bonds is 4. The number of carbonyl (C=O) groups is 1. The van der Waals surface area contributed by atoms with Gasteiger partial charge in [0.15, 0.2) is 11.6 Å². The van der Waals surface area contributed by atoms with E-state index >= 15 is 4.39 Å². The second-order valence-electron chi connectivity index (χ2n) is 11.0. The largest absolute Gasteiger partial charge is 0.477 e. The molecule has 5 aromatic rings. The summed E-state index contributed by atoms with van der Waals surface area (Å²) < 4.78 is 32.0. The van der Waals surface area contributed by atoms with Crippen molar-refractivity contribution in [2.24, 2.45) is 13.0 Å². The third-order valence-electron chi connectivity index (χ3n) is 8.73. The fourth-order valence-electron chi connectivity index (χ4n) is 6.70. The van der Waals surface area contributed by atoms with Crippen molar-refractivity contribution in [2.75, 3.05) is 43.9 Å². The molecule has 1 aromatic carbocycles. The molecule has 12 heteroatoms. The smallest absolute Gasteiger partial charge is 0.341 e. The van der Waals surface area contributed by atoms with E-state index in [1.54, 1.807) is 32.6 Å². The third-order valence-corrected chi connectivity index (χ3v) is 8.73. The highest BCUT2D eigenvalue weighted by Crippen LogP contribution is 2.45. The number of hydrogen-bond donors (Lipinski definition) is 3. The predicted octanol–water partition coefficient (Wildman–Crippen LogP) is 3.79. The average molecular weight is 560 g/mol. The second-order valence-corrected chi connectivity index (χ2v) is 11.0. The first-order valence-electron chi connectivity index (χ1n) is 13.4. The van der Waals surface area contributed by atoms with E-state index in [2.05, 4.69) is 37.1 Å². The molecule has 4 aromatic heterocycles. The summed E-state index contributed by atoms with van der Waals surface area (Å²) in [7, 11) is 5.36. The van der Waals surface area contributed by atoms with E-state index in [9.17, 15) is 19.1 Å². The third kappa shape index (κ3) is 3.63. The lowest BCUT2D eigenvalue weighted by atomic mass is 10.0. The van der Waals surface area contributed by atoms with Gasteiger partial charge in [-0.05, 0) is 32.0 Å². The minimum Gasteiger partial charge on any atom is -0.477 e. The van der Waals surface area contributed by atoms with E-state index in [0.717, 1.165) is 25.6 Å². The molecule has 0 spiro atoms. The molecule has 210 valence electrons. The molecule has 7 rings (SSSR count). The predicted molar refractivity (Wildman–Crippen MR) is 153 cm³/mol. The van der Waals surface area contributed by atoms with Gasteiger partial charge in [-0.1, -0.05) is 0 Å². The molecule has 2 saturated heterocycles. The molecule has 0 radical (unpaired) electrons. The lowest BCUT2D eigenvalue weighted by Crippen LogP contribution is -2.32. The number of anilines is 2. The van der Waals surface area contributed by atoms with Gasteiger partial charge in [0.25, 0.3) is 0 Å². The molecule has 2 fully saturated rings. The topological polar surface area (TPSA) is 119 Å². The van der Waals surface area contributed by atoms with E-state index in [0.29, 0.717) is 63.2 Å². The summed E-state index contributed by atoms with van der Waals surface area (Å²) in [5.41, 5.74) is 2.31. The van der Waals surface area contributed by atoms with E-state index in [4.69, 9.17) is 0 Å². The SMILES string of the molecule is CNc1cc(F)c(F)c2c1[nH]c1ncc(-c3cnc4c(c3)c(=O)c(C(=O)O)cn4C)c(N3CC4CCN(C)[C@H]4C3)c12. The van der Waals surface area contributed by atoms with E-state index in [-0.39, 0.29) is 16.3 Å². The Morgan fingerprint density at radius 3 is 2.68 bits per heavy atom. The van der Waals surface area contributed by atoms with Crippen LogP contribution in [0.5, 0.6) is 0 Å². The summed E-state index contributed by atoms with van der Waals surface area (Å²) in [5.74, 6) is -2.87. The molecule has 0 aliphatic carbocycles. The van der Waals surface area contributed by atoms with Crippen molar-refractivity contribution in [1.29, 1.82) is 0 Å². The van der Waals surface area contributed by atoms with Gasteiger partial charge in [0.2, 0.25) is 5.43 Å². The van der Waals surface area contributed by atoms with Crippen LogP contribution in [0.2, 0.25) is 0 Å². The lowest BCUT2D eigenvalue weighted by Gasteiger charge is -2.26. The Labute approximate surface area is 232 Å². The molecular formula is C29H27F2N7O3. The van der Waals surface area contributed by atoms with Crippen molar-refractivity contribution in [2.45, 2.75) is 12.5 Å². The maximum absolute atomic E-state index is 15.6. The van der Waals surface area contributed by atoms with Gasteiger partial charge in [-0.3, -0.25) is 4.79 Å². The normalized spacial score (nSPS) is 19.1. The molecule has 3 N–H and O–H groups in total. The molecule has 0 amide bonds. The highest BCUT2D eigenvalue weighted by Gasteiger charge is 2.41. The Hall–Kier alpha value is -4.58. The summed E-state index contributed by atoms with van der Waals surface area (Å²) in [5, 5.41) is 13.2. The van der Waals surface area contributed by atoms with Crippen molar-refractivity contribution < 1.29 is 18.7 Å². The van der Waals surface area contributed by atoms with Crippen LogP contribution in [0.25, 0.3) is 44.1 Å². The number of pyridine rings is 3. The molecule has 6 heterocycles.